The largest absolute Gasteiger partial charge is 0.306 e. The van der Waals surface area contributed by atoms with Crippen molar-refractivity contribution in [2.75, 3.05) is 0 Å². The van der Waals surface area contributed by atoms with E-state index in [1.807, 2.05) is 5.38 Å². The molecule has 0 amide bonds. The van der Waals surface area contributed by atoms with Gasteiger partial charge >= 0.3 is 0 Å². The minimum absolute atomic E-state index is 0.0605. The summed E-state index contributed by atoms with van der Waals surface area (Å²) in [5.41, 5.74) is 1.73. The van der Waals surface area contributed by atoms with Crippen molar-refractivity contribution in [3.63, 3.8) is 0 Å². The van der Waals surface area contributed by atoms with Gasteiger partial charge in [0.25, 0.3) is 0 Å². The van der Waals surface area contributed by atoms with E-state index in [-0.39, 0.29) is 10.6 Å². The molecular formula is C14H16ClFN2S. The third-order valence-electron chi connectivity index (χ3n) is 2.54. The van der Waals surface area contributed by atoms with Gasteiger partial charge < -0.3 is 5.32 Å². The molecule has 102 valence electrons. The number of nitrogens with one attached hydrogen (secondary N) is 1. The van der Waals surface area contributed by atoms with Crippen LogP contribution in [-0.4, -0.2) is 10.5 Å². The molecule has 1 aromatic carbocycles. The van der Waals surface area contributed by atoms with Crippen molar-refractivity contribution in [1.82, 2.24) is 10.3 Å². The predicted molar refractivity (Wildman–Crippen MR) is 79.1 cm³/mol. The van der Waals surface area contributed by atoms with Gasteiger partial charge in [0.15, 0.2) is 0 Å². The Morgan fingerprint density at radius 3 is 2.74 bits per heavy atom. The highest BCUT2D eigenvalue weighted by molar-refractivity contribution is 7.09. The number of hydrogen-bond donors (Lipinski definition) is 1. The van der Waals surface area contributed by atoms with Gasteiger partial charge in [-0.1, -0.05) is 11.6 Å². The fourth-order valence-corrected chi connectivity index (χ4v) is 2.44. The van der Waals surface area contributed by atoms with E-state index in [1.165, 1.54) is 6.07 Å². The Kier molecular flexibility index (Phi) is 4.23. The average molecular weight is 299 g/mol. The Bertz CT molecular complexity index is 575. The van der Waals surface area contributed by atoms with Crippen molar-refractivity contribution >= 4 is 22.9 Å². The molecule has 2 nitrogen and oxygen atoms in total. The van der Waals surface area contributed by atoms with Gasteiger partial charge in [0, 0.05) is 23.0 Å². The number of thiazole rings is 1. The summed E-state index contributed by atoms with van der Waals surface area (Å²) in [7, 11) is 0. The van der Waals surface area contributed by atoms with E-state index in [9.17, 15) is 4.39 Å². The highest BCUT2D eigenvalue weighted by atomic mass is 35.5. The summed E-state index contributed by atoms with van der Waals surface area (Å²) in [5.74, 6) is -0.407. The first-order valence-corrected chi connectivity index (χ1v) is 7.26. The first-order valence-electron chi connectivity index (χ1n) is 6.00. The molecule has 19 heavy (non-hydrogen) atoms. The van der Waals surface area contributed by atoms with Crippen molar-refractivity contribution in [2.45, 2.75) is 32.9 Å². The molecule has 1 N–H and O–H groups in total. The van der Waals surface area contributed by atoms with Crippen LogP contribution in [0, 0.1) is 5.82 Å². The third-order valence-corrected chi connectivity index (χ3v) is 3.68. The molecule has 0 spiro atoms. The molecule has 0 aliphatic carbocycles. The van der Waals surface area contributed by atoms with Crippen LogP contribution in [0.5, 0.6) is 0 Å². The maximum atomic E-state index is 13.1. The zero-order chi connectivity index (χ0) is 14.0. The maximum absolute atomic E-state index is 13.1. The fraction of sp³-hybridized carbons (Fsp3) is 0.357. The Morgan fingerprint density at radius 2 is 2.11 bits per heavy atom. The van der Waals surface area contributed by atoms with Crippen LogP contribution in [0.4, 0.5) is 4.39 Å². The second-order valence-electron chi connectivity index (χ2n) is 5.36. The van der Waals surface area contributed by atoms with Crippen LogP contribution in [0.15, 0.2) is 23.6 Å². The van der Waals surface area contributed by atoms with Crippen LogP contribution in [0.25, 0.3) is 11.3 Å². The second kappa shape index (κ2) is 5.57. The molecule has 0 saturated carbocycles. The highest BCUT2D eigenvalue weighted by Gasteiger charge is 2.11. The summed E-state index contributed by atoms with van der Waals surface area (Å²) in [6, 6.07) is 4.66. The molecule has 0 radical (unpaired) electrons. The number of aromatic nitrogens is 1. The summed E-state index contributed by atoms with van der Waals surface area (Å²) in [4.78, 5) is 4.53. The number of halogens is 2. The molecule has 0 aliphatic heterocycles. The molecule has 2 aromatic rings. The summed E-state index contributed by atoms with van der Waals surface area (Å²) in [5, 5.41) is 6.48. The quantitative estimate of drug-likeness (QED) is 0.903. The summed E-state index contributed by atoms with van der Waals surface area (Å²) < 4.78 is 13.1. The molecule has 1 heterocycles. The molecular weight excluding hydrogens is 283 g/mol. The van der Waals surface area contributed by atoms with Crippen LogP contribution in [0.3, 0.4) is 0 Å². The van der Waals surface area contributed by atoms with Crippen LogP contribution in [-0.2, 0) is 6.54 Å². The van der Waals surface area contributed by atoms with Crippen molar-refractivity contribution in [2.24, 2.45) is 0 Å². The van der Waals surface area contributed by atoms with Crippen molar-refractivity contribution in [1.29, 1.82) is 0 Å². The summed E-state index contributed by atoms with van der Waals surface area (Å²) >= 11 is 7.36. The molecule has 0 aliphatic rings. The van der Waals surface area contributed by atoms with E-state index in [0.29, 0.717) is 0 Å². The lowest BCUT2D eigenvalue weighted by molar-refractivity contribution is 0.424. The van der Waals surface area contributed by atoms with Gasteiger partial charge in [0.05, 0.1) is 10.7 Å². The van der Waals surface area contributed by atoms with E-state index in [0.717, 1.165) is 22.8 Å². The normalized spacial score (nSPS) is 11.8. The summed E-state index contributed by atoms with van der Waals surface area (Å²) in [6.45, 7) is 7.06. The second-order valence-corrected chi connectivity index (χ2v) is 6.71. The van der Waals surface area contributed by atoms with Crippen molar-refractivity contribution in [3.8, 4) is 11.3 Å². The van der Waals surface area contributed by atoms with Gasteiger partial charge in [-0.25, -0.2) is 9.37 Å². The first-order chi connectivity index (χ1) is 8.85. The standard InChI is InChI=1S/C14H16ClFN2S/c1-14(2,3)17-7-13-18-12(8-19-13)9-4-5-11(16)10(15)6-9/h4-6,8,17H,7H2,1-3H3. The third kappa shape index (κ3) is 4.00. The van der Waals surface area contributed by atoms with E-state index >= 15 is 0 Å². The van der Waals surface area contributed by atoms with Gasteiger partial charge in [0.1, 0.15) is 10.8 Å². The Balaban J connectivity index is 2.14. The Hall–Kier alpha value is -0.970. The van der Waals surface area contributed by atoms with Gasteiger partial charge in [-0.05, 0) is 39.0 Å². The van der Waals surface area contributed by atoms with Gasteiger partial charge in [-0.15, -0.1) is 11.3 Å². The Morgan fingerprint density at radius 1 is 1.37 bits per heavy atom. The summed E-state index contributed by atoms with van der Waals surface area (Å²) in [6.07, 6.45) is 0. The lowest BCUT2D eigenvalue weighted by Gasteiger charge is -2.19. The molecule has 0 unspecified atom stereocenters. The molecule has 0 saturated heterocycles. The SMILES string of the molecule is CC(C)(C)NCc1nc(-c2ccc(F)c(Cl)c2)cs1. The molecule has 2 rings (SSSR count). The fourth-order valence-electron chi connectivity index (χ4n) is 1.52. The van der Waals surface area contributed by atoms with Crippen LogP contribution in [0.2, 0.25) is 5.02 Å². The number of nitrogens with zero attached hydrogens (tertiary/aromatic N) is 1. The molecule has 1 aromatic heterocycles. The molecule has 0 fully saturated rings. The molecule has 0 atom stereocenters. The highest BCUT2D eigenvalue weighted by Crippen LogP contribution is 2.26. The molecule has 5 heteroatoms. The van der Waals surface area contributed by atoms with Gasteiger partial charge in [-0.3, -0.25) is 0 Å². The van der Waals surface area contributed by atoms with Crippen molar-refractivity contribution < 1.29 is 4.39 Å². The zero-order valence-electron chi connectivity index (χ0n) is 11.1. The monoisotopic (exact) mass is 298 g/mol. The molecule has 0 bridgehead atoms. The zero-order valence-corrected chi connectivity index (χ0v) is 12.7. The van der Waals surface area contributed by atoms with Gasteiger partial charge in [0.2, 0.25) is 0 Å². The van der Waals surface area contributed by atoms with Crippen molar-refractivity contribution in [3.05, 3.63) is 39.4 Å². The smallest absolute Gasteiger partial charge is 0.141 e. The first kappa shape index (κ1) is 14.4. The van der Waals surface area contributed by atoms with Gasteiger partial charge in [-0.2, -0.15) is 0 Å². The minimum atomic E-state index is -0.407. The number of rotatable bonds is 3. The maximum Gasteiger partial charge on any atom is 0.141 e. The number of hydrogen-bond acceptors (Lipinski definition) is 3. The topological polar surface area (TPSA) is 24.9 Å². The van der Waals surface area contributed by atoms with Crippen LogP contribution < -0.4 is 5.32 Å². The minimum Gasteiger partial charge on any atom is -0.306 e. The van der Waals surface area contributed by atoms with E-state index < -0.39 is 5.82 Å². The van der Waals surface area contributed by atoms with E-state index in [2.05, 4.69) is 31.1 Å². The lowest BCUT2D eigenvalue weighted by atomic mass is 10.1. The Labute approximate surface area is 121 Å². The van der Waals surface area contributed by atoms with Crippen LogP contribution >= 0.6 is 22.9 Å². The van der Waals surface area contributed by atoms with Crippen LogP contribution in [0.1, 0.15) is 25.8 Å². The van der Waals surface area contributed by atoms with E-state index in [1.54, 1.807) is 23.5 Å². The predicted octanol–water partition coefficient (Wildman–Crippen LogP) is 4.49. The average Bonchev–Trinajstić information content (AvgIpc) is 2.78. The lowest BCUT2D eigenvalue weighted by Crippen LogP contribution is -2.34. The number of benzene rings is 1. The van der Waals surface area contributed by atoms with E-state index in [4.69, 9.17) is 11.6 Å².